The third-order valence-electron chi connectivity index (χ3n) is 7.63. The number of halogens is 1. The summed E-state index contributed by atoms with van der Waals surface area (Å²) in [6, 6.07) is 15.7. The van der Waals surface area contributed by atoms with Crippen molar-refractivity contribution < 1.29 is 0 Å². The largest absolute Gasteiger partial charge is 0.369 e. The molecule has 2 N–H and O–H groups in total. The van der Waals surface area contributed by atoms with E-state index in [1.54, 1.807) is 6.20 Å². The van der Waals surface area contributed by atoms with E-state index >= 15 is 0 Å². The number of hydrogen-bond acceptors (Lipinski definition) is 7. The van der Waals surface area contributed by atoms with Crippen LogP contribution in [-0.4, -0.2) is 65.8 Å². The fraction of sp³-hybridized carbons (Fsp3) is 0.345. The fourth-order valence-corrected chi connectivity index (χ4v) is 5.75. The maximum atomic E-state index is 13.8. The molecule has 2 aromatic carbocycles. The molecule has 0 amide bonds. The number of nitrogens with zero attached hydrogens (tertiary/aromatic N) is 5. The molecule has 2 fully saturated rings. The molecule has 9 heteroatoms. The second-order valence-corrected chi connectivity index (χ2v) is 10.7. The lowest BCUT2D eigenvalue weighted by Gasteiger charge is -2.35. The quantitative estimate of drug-likeness (QED) is 0.395. The molecule has 4 aromatic rings. The minimum absolute atomic E-state index is 0.0142. The first-order valence-corrected chi connectivity index (χ1v) is 13.5. The van der Waals surface area contributed by atoms with Gasteiger partial charge in [-0.3, -0.25) is 9.36 Å². The van der Waals surface area contributed by atoms with Gasteiger partial charge in [-0.2, -0.15) is 4.98 Å². The number of hydrogen-bond donors (Lipinski definition) is 2. The van der Waals surface area contributed by atoms with Crippen molar-refractivity contribution in [2.45, 2.75) is 19.4 Å². The van der Waals surface area contributed by atoms with Crippen molar-refractivity contribution >= 4 is 40.0 Å². The summed E-state index contributed by atoms with van der Waals surface area (Å²) >= 11 is 6.48. The van der Waals surface area contributed by atoms with E-state index in [1.165, 1.54) is 11.3 Å². The van der Waals surface area contributed by atoms with E-state index in [1.807, 2.05) is 34.9 Å². The summed E-state index contributed by atoms with van der Waals surface area (Å²) in [6.45, 7) is 7.93. The van der Waals surface area contributed by atoms with Gasteiger partial charge in [-0.25, -0.2) is 4.98 Å². The zero-order chi connectivity index (χ0) is 26.2. The molecule has 1 unspecified atom stereocenters. The summed E-state index contributed by atoms with van der Waals surface area (Å²) in [6.07, 6.45) is 2.65. The molecule has 0 bridgehead atoms. The molecule has 4 heterocycles. The van der Waals surface area contributed by atoms with Crippen LogP contribution in [0.3, 0.4) is 0 Å². The summed E-state index contributed by atoms with van der Waals surface area (Å²) in [5, 5.41) is 8.10. The highest BCUT2D eigenvalue weighted by Crippen LogP contribution is 2.30. The van der Waals surface area contributed by atoms with Gasteiger partial charge >= 0.3 is 0 Å². The summed E-state index contributed by atoms with van der Waals surface area (Å²) < 4.78 is 1.82. The average Bonchev–Trinajstić information content (AvgIpc) is 3.44. The van der Waals surface area contributed by atoms with Gasteiger partial charge in [0.1, 0.15) is 5.65 Å². The molecule has 2 aromatic heterocycles. The second kappa shape index (κ2) is 10.4. The molecule has 2 aliphatic heterocycles. The monoisotopic (exact) mass is 529 g/mol. The highest BCUT2D eigenvalue weighted by molar-refractivity contribution is 6.33. The minimum Gasteiger partial charge on any atom is -0.369 e. The molecule has 196 valence electrons. The predicted octanol–water partition coefficient (Wildman–Crippen LogP) is 4.45. The number of nitrogens with one attached hydrogen (secondary N) is 2. The van der Waals surface area contributed by atoms with E-state index < -0.39 is 0 Å². The van der Waals surface area contributed by atoms with Gasteiger partial charge in [-0.15, -0.1) is 0 Å². The third kappa shape index (κ3) is 4.75. The Morgan fingerprint density at radius 3 is 2.61 bits per heavy atom. The van der Waals surface area contributed by atoms with E-state index in [9.17, 15) is 4.79 Å². The van der Waals surface area contributed by atoms with Crippen LogP contribution in [0.5, 0.6) is 0 Å². The number of likely N-dealkylation sites (N-methyl/N-ethyl adjacent to an activating group) is 1. The van der Waals surface area contributed by atoms with Gasteiger partial charge in [0.25, 0.3) is 5.56 Å². The van der Waals surface area contributed by atoms with Gasteiger partial charge in [0.05, 0.1) is 6.04 Å². The predicted molar refractivity (Wildman–Crippen MR) is 155 cm³/mol. The van der Waals surface area contributed by atoms with E-state index in [0.717, 1.165) is 62.3 Å². The molecule has 1 atom stereocenters. The van der Waals surface area contributed by atoms with Crippen LogP contribution in [0.1, 0.15) is 18.0 Å². The number of fused-ring (bicyclic) bond motifs is 1. The molecular formula is C29H32ClN7O. The highest BCUT2D eigenvalue weighted by Gasteiger charge is 2.24. The van der Waals surface area contributed by atoms with Crippen molar-refractivity contribution in [1.82, 2.24) is 24.8 Å². The van der Waals surface area contributed by atoms with Gasteiger partial charge in [0.2, 0.25) is 5.95 Å². The highest BCUT2D eigenvalue weighted by atomic mass is 35.5. The molecule has 0 spiro atoms. The van der Waals surface area contributed by atoms with Gasteiger partial charge in [0.15, 0.2) is 0 Å². The molecule has 0 aliphatic carbocycles. The van der Waals surface area contributed by atoms with Crippen LogP contribution in [0, 0.1) is 6.92 Å². The number of aryl methyl sites for hydroxylation is 1. The minimum atomic E-state index is -0.0867. The van der Waals surface area contributed by atoms with Gasteiger partial charge < -0.3 is 20.4 Å². The van der Waals surface area contributed by atoms with Crippen LogP contribution in [0.25, 0.3) is 22.2 Å². The maximum Gasteiger partial charge on any atom is 0.260 e. The molecule has 6 rings (SSSR count). The molecule has 0 saturated carbocycles. The Labute approximate surface area is 227 Å². The molecule has 2 aliphatic rings. The molecule has 2 saturated heterocycles. The zero-order valence-electron chi connectivity index (χ0n) is 21.7. The van der Waals surface area contributed by atoms with E-state index in [-0.39, 0.29) is 11.6 Å². The number of benzene rings is 2. The van der Waals surface area contributed by atoms with E-state index in [2.05, 4.69) is 57.6 Å². The van der Waals surface area contributed by atoms with Crippen molar-refractivity contribution in [3.63, 3.8) is 0 Å². The van der Waals surface area contributed by atoms with Crippen LogP contribution in [0.2, 0.25) is 5.02 Å². The number of anilines is 3. The van der Waals surface area contributed by atoms with Gasteiger partial charge in [-0.05, 0) is 62.8 Å². The molecule has 38 heavy (non-hydrogen) atoms. The molecule has 8 nitrogen and oxygen atoms in total. The van der Waals surface area contributed by atoms with Crippen molar-refractivity contribution in [3.8, 4) is 11.1 Å². The molecular weight excluding hydrogens is 498 g/mol. The Balaban J connectivity index is 1.36. The summed E-state index contributed by atoms with van der Waals surface area (Å²) in [5.41, 5.74) is 5.22. The van der Waals surface area contributed by atoms with E-state index in [0.29, 0.717) is 22.2 Å². The topological polar surface area (TPSA) is 78.3 Å². The first-order valence-electron chi connectivity index (χ1n) is 13.2. The van der Waals surface area contributed by atoms with Crippen LogP contribution in [0.4, 0.5) is 17.3 Å². The lowest BCUT2D eigenvalue weighted by atomic mass is 10.1. The fourth-order valence-electron chi connectivity index (χ4n) is 5.52. The Hall–Kier alpha value is -3.46. The number of piperazine rings is 1. The normalized spacial score (nSPS) is 18.3. The second-order valence-electron chi connectivity index (χ2n) is 10.2. The van der Waals surface area contributed by atoms with Gasteiger partial charge in [0, 0.05) is 71.8 Å². The van der Waals surface area contributed by atoms with Crippen molar-refractivity contribution in [2.24, 2.45) is 0 Å². The number of aromatic nitrogens is 3. The van der Waals surface area contributed by atoms with Crippen LogP contribution >= 0.6 is 11.6 Å². The Morgan fingerprint density at radius 2 is 1.87 bits per heavy atom. The van der Waals surface area contributed by atoms with Crippen LogP contribution in [0.15, 0.2) is 59.5 Å². The van der Waals surface area contributed by atoms with Crippen molar-refractivity contribution in [1.29, 1.82) is 0 Å². The average molecular weight is 530 g/mol. The number of rotatable bonds is 5. The number of pyridine rings is 1. The van der Waals surface area contributed by atoms with Crippen LogP contribution < -0.4 is 21.1 Å². The lowest BCUT2D eigenvalue weighted by Crippen LogP contribution is -2.44. The van der Waals surface area contributed by atoms with Gasteiger partial charge in [-0.1, -0.05) is 29.8 Å². The third-order valence-corrected chi connectivity index (χ3v) is 7.96. The first kappa shape index (κ1) is 24.9. The van der Waals surface area contributed by atoms with Crippen molar-refractivity contribution in [3.05, 3.63) is 75.7 Å². The first-order chi connectivity index (χ1) is 18.5. The smallest absolute Gasteiger partial charge is 0.260 e. The Kier molecular flexibility index (Phi) is 6.78. The van der Waals surface area contributed by atoms with E-state index in [4.69, 9.17) is 16.6 Å². The molecule has 0 radical (unpaired) electrons. The maximum absolute atomic E-state index is 13.8. The zero-order valence-corrected chi connectivity index (χ0v) is 22.5. The summed E-state index contributed by atoms with van der Waals surface area (Å²) in [5.74, 6) is 0.467. The standard InChI is InChI=1S/C29H32ClN7O/c1-19-15-21(7-8-26(19)36-13-11-35(2)12-14-36)33-29-32-17-20-16-24(23-5-3-4-6-25(23)30)28(38)37(27(20)34-29)22-9-10-31-18-22/h3-8,15-17,22,31H,9-14,18H2,1-2H3,(H,32,33,34). The summed E-state index contributed by atoms with van der Waals surface area (Å²) in [4.78, 5) is 28.1. The lowest BCUT2D eigenvalue weighted by molar-refractivity contribution is 0.312. The van der Waals surface area contributed by atoms with Crippen LogP contribution in [-0.2, 0) is 0 Å². The Bertz CT molecular complexity index is 1540. The Morgan fingerprint density at radius 1 is 1.05 bits per heavy atom. The SMILES string of the molecule is Cc1cc(Nc2ncc3cc(-c4ccccc4Cl)c(=O)n(C4CCNC4)c3n2)ccc1N1CCN(C)CC1. The summed E-state index contributed by atoms with van der Waals surface area (Å²) in [7, 11) is 2.17. The van der Waals surface area contributed by atoms with Crippen molar-refractivity contribution in [2.75, 3.05) is 56.5 Å².